The minimum Gasteiger partial charge on any atom is -0.478 e. The Morgan fingerprint density at radius 2 is 1.58 bits per heavy atom. The summed E-state index contributed by atoms with van der Waals surface area (Å²) in [5, 5.41) is 11.6. The van der Waals surface area contributed by atoms with E-state index in [-0.39, 0.29) is 10.5 Å². The lowest BCUT2D eigenvalue weighted by molar-refractivity contribution is 0.0697. The van der Waals surface area contributed by atoms with Gasteiger partial charge in [0.15, 0.2) is 0 Å². The van der Waals surface area contributed by atoms with Crippen molar-refractivity contribution < 1.29 is 23.1 Å². The third-order valence-electron chi connectivity index (χ3n) is 4.29. The van der Waals surface area contributed by atoms with E-state index in [1.165, 1.54) is 36.0 Å². The highest BCUT2D eigenvalue weighted by Gasteiger charge is 2.18. The number of carbonyl (C=O) groups is 2. The molecule has 2 amide bonds. The maximum absolute atomic E-state index is 12.4. The monoisotopic (exact) mass is 456 g/mol. The van der Waals surface area contributed by atoms with Crippen molar-refractivity contribution in [3.63, 3.8) is 0 Å². The molecule has 0 spiro atoms. The van der Waals surface area contributed by atoms with Crippen molar-refractivity contribution in [2.45, 2.75) is 22.5 Å². The molecule has 31 heavy (non-hydrogen) atoms. The molecule has 9 heteroatoms. The van der Waals surface area contributed by atoms with Crippen LogP contribution < -0.4 is 10.0 Å². The van der Waals surface area contributed by atoms with E-state index in [1.807, 2.05) is 17.7 Å². The fourth-order valence-electron chi connectivity index (χ4n) is 2.65. The first-order valence-corrected chi connectivity index (χ1v) is 11.7. The van der Waals surface area contributed by atoms with Gasteiger partial charge in [-0.2, -0.15) is 0 Å². The van der Waals surface area contributed by atoms with Crippen LogP contribution in [0.25, 0.3) is 0 Å². The Hall–Kier alpha value is -3.30. The van der Waals surface area contributed by atoms with Crippen molar-refractivity contribution in [2.75, 3.05) is 5.32 Å². The molecule has 0 radical (unpaired) electrons. The molecule has 0 aromatic heterocycles. The van der Waals surface area contributed by atoms with Crippen LogP contribution >= 0.6 is 11.8 Å². The number of anilines is 1. The number of aryl methyl sites for hydroxylation is 1. The van der Waals surface area contributed by atoms with Crippen LogP contribution in [0.1, 0.15) is 21.5 Å². The number of thioether (sulfide) groups is 1. The van der Waals surface area contributed by atoms with Gasteiger partial charge in [0.2, 0.25) is 0 Å². The summed E-state index contributed by atoms with van der Waals surface area (Å²) in [4.78, 5) is 24.0. The molecule has 0 saturated heterocycles. The summed E-state index contributed by atoms with van der Waals surface area (Å²) < 4.78 is 26.8. The van der Waals surface area contributed by atoms with Gasteiger partial charge in [0.1, 0.15) is 0 Å². The summed E-state index contributed by atoms with van der Waals surface area (Å²) in [6.45, 7) is 1.84. The average Bonchev–Trinajstić information content (AvgIpc) is 2.73. The number of hydrogen-bond donors (Lipinski definition) is 3. The highest BCUT2D eigenvalue weighted by Crippen LogP contribution is 2.30. The minimum atomic E-state index is -3.99. The molecule has 0 aliphatic carbocycles. The van der Waals surface area contributed by atoms with E-state index in [0.29, 0.717) is 11.4 Å². The Balaban J connectivity index is 1.66. The smallest absolute Gasteiger partial charge is 0.335 e. The van der Waals surface area contributed by atoms with Crippen LogP contribution in [-0.2, 0) is 15.8 Å². The van der Waals surface area contributed by atoms with Crippen molar-refractivity contribution in [3.8, 4) is 0 Å². The predicted molar refractivity (Wildman–Crippen MR) is 120 cm³/mol. The van der Waals surface area contributed by atoms with Gasteiger partial charge in [0.05, 0.1) is 16.1 Å². The molecule has 0 bridgehead atoms. The maximum Gasteiger partial charge on any atom is 0.335 e. The van der Waals surface area contributed by atoms with Gasteiger partial charge in [-0.05, 0) is 48.9 Å². The number of urea groups is 1. The van der Waals surface area contributed by atoms with Gasteiger partial charge >= 0.3 is 12.0 Å². The maximum atomic E-state index is 12.4. The van der Waals surface area contributed by atoms with Crippen LogP contribution in [0.15, 0.2) is 82.6 Å². The zero-order valence-electron chi connectivity index (χ0n) is 16.5. The number of nitrogens with one attached hydrogen (secondary N) is 2. The molecule has 3 rings (SSSR count). The Morgan fingerprint density at radius 3 is 2.23 bits per heavy atom. The Morgan fingerprint density at radius 1 is 0.935 bits per heavy atom. The molecule has 3 aromatic carbocycles. The van der Waals surface area contributed by atoms with Crippen LogP contribution in [0.3, 0.4) is 0 Å². The Labute approximate surface area is 184 Å². The number of carbonyl (C=O) groups excluding carboxylic acids is 1. The predicted octanol–water partition coefficient (Wildman–Crippen LogP) is 4.50. The summed E-state index contributed by atoms with van der Waals surface area (Å²) in [6, 6.07) is 18.9. The first-order chi connectivity index (χ1) is 14.7. The van der Waals surface area contributed by atoms with E-state index in [1.54, 1.807) is 42.5 Å². The summed E-state index contributed by atoms with van der Waals surface area (Å²) in [7, 11) is -3.99. The molecule has 0 fully saturated rings. The molecule has 0 aliphatic heterocycles. The zero-order valence-corrected chi connectivity index (χ0v) is 18.2. The molecule has 0 atom stereocenters. The summed E-state index contributed by atoms with van der Waals surface area (Å²) >= 11 is 1.43. The van der Waals surface area contributed by atoms with E-state index in [9.17, 15) is 18.0 Å². The van der Waals surface area contributed by atoms with Gasteiger partial charge in [0, 0.05) is 10.6 Å². The van der Waals surface area contributed by atoms with Crippen molar-refractivity contribution in [3.05, 3.63) is 89.5 Å². The van der Waals surface area contributed by atoms with Crippen LogP contribution in [0, 0.1) is 6.92 Å². The van der Waals surface area contributed by atoms with Crippen LogP contribution in [-0.4, -0.2) is 25.5 Å². The lowest BCUT2D eigenvalue weighted by atomic mass is 10.1. The summed E-state index contributed by atoms with van der Waals surface area (Å²) in [5.41, 5.74) is 2.50. The second kappa shape index (κ2) is 9.67. The van der Waals surface area contributed by atoms with Crippen molar-refractivity contribution in [2.24, 2.45) is 0 Å². The number of aromatic carboxylic acids is 1. The quantitative estimate of drug-likeness (QED) is 0.452. The molecule has 0 unspecified atom stereocenters. The largest absolute Gasteiger partial charge is 0.478 e. The molecular weight excluding hydrogens is 436 g/mol. The molecule has 0 aliphatic rings. The summed E-state index contributed by atoms with van der Waals surface area (Å²) in [5.74, 6) is -0.442. The van der Waals surface area contributed by atoms with Gasteiger partial charge in [-0.3, -0.25) is 0 Å². The second-order valence-electron chi connectivity index (χ2n) is 6.66. The van der Waals surface area contributed by atoms with Crippen LogP contribution in [0.2, 0.25) is 0 Å². The number of amides is 2. The first kappa shape index (κ1) is 22.4. The fourth-order valence-corrected chi connectivity index (χ4v) is 4.52. The topological polar surface area (TPSA) is 113 Å². The van der Waals surface area contributed by atoms with Gasteiger partial charge < -0.3 is 10.4 Å². The van der Waals surface area contributed by atoms with Crippen molar-refractivity contribution in [1.82, 2.24) is 4.72 Å². The van der Waals surface area contributed by atoms with E-state index < -0.39 is 22.0 Å². The van der Waals surface area contributed by atoms with E-state index >= 15 is 0 Å². The highest BCUT2D eigenvalue weighted by atomic mass is 32.2. The third kappa shape index (κ3) is 6.09. The van der Waals surface area contributed by atoms with Crippen LogP contribution in [0.5, 0.6) is 0 Å². The number of hydrogen-bond acceptors (Lipinski definition) is 5. The van der Waals surface area contributed by atoms with E-state index in [0.717, 1.165) is 16.0 Å². The third-order valence-corrected chi connectivity index (χ3v) is 6.78. The Bertz CT molecular complexity index is 1190. The molecule has 3 aromatic rings. The SMILES string of the molecule is Cc1ccc(S(=O)(=O)NC(=O)Nc2ccccc2SCc2ccc(C(=O)O)cc2)cc1. The van der Waals surface area contributed by atoms with Crippen molar-refractivity contribution >= 4 is 39.5 Å². The number of sulfonamides is 1. The Kier molecular flexibility index (Phi) is 6.98. The highest BCUT2D eigenvalue weighted by molar-refractivity contribution is 7.98. The number of para-hydroxylation sites is 1. The van der Waals surface area contributed by atoms with Gasteiger partial charge in [-0.25, -0.2) is 22.7 Å². The van der Waals surface area contributed by atoms with Gasteiger partial charge in [-0.15, -0.1) is 11.8 Å². The standard InChI is InChI=1S/C22H20N2O5S2/c1-15-6-12-18(13-7-15)31(28,29)24-22(27)23-19-4-2-3-5-20(19)30-14-16-8-10-17(11-9-16)21(25)26/h2-13H,14H2,1H3,(H,25,26)(H2,23,24,27). The lowest BCUT2D eigenvalue weighted by Gasteiger charge is -2.12. The molecular formula is C22H20N2O5S2. The molecule has 0 heterocycles. The zero-order chi connectivity index (χ0) is 22.4. The molecule has 3 N–H and O–H groups in total. The van der Waals surface area contributed by atoms with Crippen LogP contribution in [0.4, 0.5) is 10.5 Å². The molecule has 7 nitrogen and oxygen atoms in total. The minimum absolute atomic E-state index is 0.000665. The van der Waals surface area contributed by atoms with E-state index in [2.05, 4.69) is 5.32 Å². The van der Waals surface area contributed by atoms with E-state index in [4.69, 9.17) is 5.11 Å². The number of carboxylic acid groups (broad SMARTS) is 1. The fraction of sp³-hybridized carbons (Fsp3) is 0.0909. The first-order valence-electron chi connectivity index (χ1n) is 9.19. The van der Waals surface area contributed by atoms with Gasteiger partial charge in [-0.1, -0.05) is 42.0 Å². The second-order valence-corrected chi connectivity index (χ2v) is 9.36. The number of rotatable bonds is 7. The molecule has 160 valence electrons. The number of carboxylic acids is 1. The summed E-state index contributed by atoms with van der Waals surface area (Å²) in [6.07, 6.45) is 0. The van der Waals surface area contributed by atoms with Gasteiger partial charge in [0.25, 0.3) is 10.0 Å². The molecule has 0 saturated carbocycles. The average molecular weight is 457 g/mol. The lowest BCUT2D eigenvalue weighted by Crippen LogP contribution is -2.34. The number of benzene rings is 3. The van der Waals surface area contributed by atoms with Crippen molar-refractivity contribution in [1.29, 1.82) is 0 Å². The normalized spacial score (nSPS) is 11.0.